The fourth-order valence-corrected chi connectivity index (χ4v) is 2.01. The molecule has 1 atom stereocenters. The van der Waals surface area contributed by atoms with Gasteiger partial charge in [0.2, 0.25) is 0 Å². The summed E-state index contributed by atoms with van der Waals surface area (Å²) in [7, 11) is 3.68. The first-order valence-electron chi connectivity index (χ1n) is 6.23. The molecule has 0 aliphatic heterocycles. The van der Waals surface area contributed by atoms with Crippen LogP contribution in [0.4, 0.5) is 0 Å². The van der Waals surface area contributed by atoms with Crippen LogP contribution in [0.25, 0.3) is 11.0 Å². The molecule has 1 unspecified atom stereocenters. The van der Waals surface area contributed by atoms with Crippen molar-refractivity contribution in [2.24, 2.45) is 0 Å². The van der Waals surface area contributed by atoms with E-state index in [2.05, 4.69) is 15.3 Å². The molecule has 0 bridgehead atoms. The third kappa shape index (κ3) is 3.03. The van der Waals surface area contributed by atoms with Crippen molar-refractivity contribution in [2.45, 2.75) is 18.9 Å². The van der Waals surface area contributed by atoms with E-state index < -0.39 is 0 Å². The molecule has 4 heteroatoms. The Morgan fingerprint density at radius 2 is 2.06 bits per heavy atom. The predicted molar refractivity (Wildman–Crippen MR) is 72.4 cm³/mol. The third-order valence-corrected chi connectivity index (χ3v) is 3.01. The van der Waals surface area contributed by atoms with Crippen LogP contribution in [0.2, 0.25) is 0 Å². The van der Waals surface area contributed by atoms with Gasteiger partial charge in [0.05, 0.1) is 29.0 Å². The van der Waals surface area contributed by atoms with Crippen LogP contribution in [0, 0.1) is 0 Å². The van der Waals surface area contributed by atoms with Crippen LogP contribution < -0.4 is 5.32 Å². The fraction of sp³-hybridized carbons (Fsp3) is 0.429. The van der Waals surface area contributed by atoms with Gasteiger partial charge >= 0.3 is 0 Å². The predicted octanol–water partition coefficient (Wildman–Crippen LogP) is 2.32. The second-order valence-corrected chi connectivity index (χ2v) is 4.26. The topological polar surface area (TPSA) is 47.0 Å². The molecular formula is C14H19N3O. The van der Waals surface area contributed by atoms with Gasteiger partial charge in [-0.15, -0.1) is 0 Å². The van der Waals surface area contributed by atoms with E-state index in [1.165, 1.54) is 0 Å². The maximum absolute atomic E-state index is 5.08. The van der Waals surface area contributed by atoms with Crippen molar-refractivity contribution >= 4 is 11.0 Å². The minimum absolute atomic E-state index is 0.234. The average molecular weight is 245 g/mol. The van der Waals surface area contributed by atoms with Crippen molar-refractivity contribution in [2.75, 3.05) is 20.8 Å². The van der Waals surface area contributed by atoms with Gasteiger partial charge in [0.25, 0.3) is 0 Å². The van der Waals surface area contributed by atoms with Gasteiger partial charge in [-0.05, 0) is 32.0 Å². The number of nitrogens with one attached hydrogen (secondary N) is 1. The molecule has 18 heavy (non-hydrogen) atoms. The zero-order chi connectivity index (χ0) is 12.8. The molecule has 2 rings (SSSR count). The van der Waals surface area contributed by atoms with Crippen LogP contribution in [0.1, 0.15) is 24.6 Å². The van der Waals surface area contributed by atoms with Crippen LogP contribution in [0.5, 0.6) is 0 Å². The highest BCUT2D eigenvalue weighted by Gasteiger charge is 2.11. The largest absolute Gasteiger partial charge is 0.385 e. The summed E-state index contributed by atoms with van der Waals surface area (Å²) in [4.78, 5) is 9.10. The van der Waals surface area contributed by atoms with Crippen molar-refractivity contribution in [1.29, 1.82) is 0 Å². The summed E-state index contributed by atoms with van der Waals surface area (Å²) < 4.78 is 5.08. The number of ether oxygens (including phenoxy) is 1. The van der Waals surface area contributed by atoms with Gasteiger partial charge in [-0.2, -0.15) is 0 Å². The average Bonchev–Trinajstić information content (AvgIpc) is 2.43. The zero-order valence-corrected chi connectivity index (χ0v) is 10.9. The number of rotatable bonds is 6. The van der Waals surface area contributed by atoms with Gasteiger partial charge < -0.3 is 10.1 Å². The summed E-state index contributed by atoms with van der Waals surface area (Å²) in [5, 5.41) is 3.28. The molecule has 1 aromatic carbocycles. The Hall–Kier alpha value is -1.52. The van der Waals surface area contributed by atoms with E-state index in [1.807, 2.05) is 37.5 Å². The van der Waals surface area contributed by atoms with Crippen molar-refractivity contribution < 1.29 is 4.74 Å². The van der Waals surface area contributed by atoms with Crippen LogP contribution in [-0.2, 0) is 4.74 Å². The Morgan fingerprint density at radius 3 is 2.78 bits per heavy atom. The highest BCUT2D eigenvalue weighted by Crippen LogP contribution is 2.18. The number of aromatic nitrogens is 2. The SMILES string of the molecule is CNC(CCCOC)c1cnc2ccccc2n1. The number of hydrogen-bond donors (Lipinski definition) is 1. The van der Waals surface area contributed by atoms with E-state index >= 15 is 0 Å². The molecule has 0 aliphatic carbocycles. The molecule has 1 heterocycles. The first kappa shape index (κ1) is 12.9. The van der Waals surface area contributed by atoms with Crippen LogP contribution >= 0.6 is 0 Å². The van der Waals surface area contributed by atoms with Gasteiger partial charge in [0.1, 0.15) is 0 Å². The third-order valence-electron chi connectivity index (χ3n) is 3.01. The molecule has 1 N–H and O–H groups in total. The Balaban J connectivity index is 2.17. The summed E-state index contributed by atoms with van der Waals surface area (Å²) in [5.41, 5.74) is 2.88. The second kappa shape index (κ2) is 6.42. The van der Waals surface area contributed by atoms with Crippen molar-refractivity contribution in [3.8, 4) is 0 Å². The summed E-state index contributed by atoms with van der Waals surface area (Å²) in [5.74, 6) is 0. The van der Waals surface area contributed by atoms with E-state index in [4.69, 9.17) is 4.74 Å². The standard InChI is InChI=1S/C14H19N3O/c1-15-11(8-5-9-18-2)14-10-16-12-6-3-4-7-13(12)17-14/h3-4,6-7,10-11,15H,5,8-9H2,1-2H3. The molecule has 0 fully saturated rings. The maximum atomic E-state index is 5.08. The Bertz CT molecular complexity index is 501. The minimum Gasteiger partial charge on any atom is -0.385 e. The molecule has 0 aliphatic rings. The molecule has 1 aromatic heterocycles. The normalized spacial score (nSPS) is 12.8. The molecule has 0 radical (unpaired) electrons. The van der Waals surface area contributed by atoms with Crippen LogP contribution in [0.15, 0.2) is 30.5 Å². The van der Waals surface area contributed by atoms with Gasteiger partial charge in [-0.1, -0.05) is 12.1 Å². The fourth-order valence-electron chi connectivity index (χ4n) is 2.01. The lowest BCUT2D eigenvalue weighted by Crippen LogP contribution is -2.18. The highest BCUT2D eigenvalue weighted by atomic mass is 16.5. The summed E-state index contributed by atoms with van der Waals surface area (Å²) in [6.07, 6.45) is 3.87. The Kier molecular flexibility index (Phi) is 4.61. The molecule has 0 spiro atoms. The van der Waals surface area contributed by atoms with E-state index in [0.29, 0.717) is 0 Å². The molecule has 0 amide bonds. The summed E-state index contributed by atoms with van der Waals surface area (Å²) >= 11 is 0. The zero-order valence-electron chi connectivity index (χ0n) is 10.9. The molecule has 0 saturated heterocycles. The monoisotopic (exact) mass is 245 g/mol. The number of benzene rings is 1. The number of nitrogens with zero attached hydrogens (tertiary/aromatic N) is 2. The maximum Gasteiger partial charge on any atom is 0.0890 e. The lowest BCUT2D eigenvalue weighted by atomic mass is 10.1. The highest BCUT2D eigenvalue weighted by molar-refractivity contribution is 5.73. The first-order chi connectivity index (χ1) is 8.85. The lowest BCUT2D eigenvalue weighted by Gasteiger charge is -2.15. The first-order valence-corrected chi connectivity index (χ1v) is 6.23. The van der Waals surface area contributed by atoms with Gasteiger partial charge in [0, 0.05) is 13.7 Å². The van der Waals surface area contributed by atoms with E-state index in [-0.39, 0.29) is 6.04 Å². The lowest BCUT2D eigenvalue weighted by molar-refractivity contribution is 0.189. The van der Waals surface area contributed by atoms with E-state index in [0.717, 1.165) is 36.2 Å². The molecule has 4 nitrogen and oxygen atoms in total. The Morgan fingerprint density at radius 1 is 1.28 bits per heavy atom. The quantitative estimate of drug-likeness (QED) is 0.793. The van der Waals surface area contributed by atoms with Gasteiger partial charge in [-0.25, -0.2) is 4.98 Å². The Labute approximate surface area is 107 Å². The van der Waals surface area contributed by atoms with Crippen molar-refractivity contribution in [3.05, 3.63) is 36.2 Å². The van der Waals surface area contributed by atoms with Crippen LogP contribution in [-0.4, -0.2) is 30.7 Å². The number of methoxy groups -OCH3 is 1. The number of para-hydroxylation sites is 2. The van der Waals surface area contributed by atoms with Gasteiger partial charge in [-0.3, -0.25) is 4.98 Å². The summed E-state index contributed by atoms with van der Waals surface area (Å²) in [6, 6.07) is 8.17. The number of hydrogen-bond acceptors (Lipinski definition) is 4. The molecule has 2 aromatic rings. The second-order valence-electron chi connectivity index (χ2n) is 4.26. The minimum atomic E-state index is 0.234. The smallest absolute Gasteiger partial charge is 0.0890 e. The van der Waals surface area contributed by atoms with Crippen molar-refractivity contribution in [3.63, 3.8) is 0 Å². The summed E-state index contributed by atoms with van der Waals surface area (Å²) in [6.45, 7) is 0.777. The van der Waals surface area contributed by atoms with Crippen molar-refractivity contribution in [1.82, 2.24) is 15.3 Å². The van der Waals surface area contributed by atoms with Gasteiger partial charge in [0.15, 0.2) is 0 Å². The van der Waals surface area contributed by atoms with E-state index in [9.17, 15) is 0 Å². The van der Waals surface area contributed by atoms with E-state index in [1.54, 1.807) is 7.11 Å². The number of fused-ring (bicyclic) bond motifs is 1. The van der Waals surface area contributed by atoms with Crippen LogP contribution in [0.3, 0.4) is 0 Å². The molecule has 0 saturated carbocycles. The molecule has 96 valence electrons. The molecular weight excluding hydrogens is 226 g/mol.